The molecule has 1 saturated heterocycles. The molecule has 252 valence electrons. The van der Waals surface area contributed by atoms with Crippen molar-refractivity contribution in [2.45, 2.75) is 23.2 Å². The molecule has 0 N–H and O–H groups in total. The molecule has 7 heteroatoms. The van der Waals surface area contributed by atoms with Crippen LogP contribution in [0.25, 0.3) is 33.4 Å². The van der Waals surface area contributed by atoms with Gasteiger partial charge >= 0.3 is 17.9 Å². The van der Waals surface area contributed by atoms with Gasteiger partial charge in [0.05, 0.1) is 21.9 Å². The Morgan fingerprint density at radius 1 is 0.451 bits per heavy atom. The predicted molar refractivity (Wildman–Crippen MR) is 200 cm³/mol. The van der Waals surface area contributed by atoms with Crippen LogP contribution in [0.1, 0.15) is 37.5 Å². The van der Waals surface area contributed by atoms with Gasteiger partial charge in [-0.05, 0) is 69.8 Å². The first kappa shape index (κ1) is 33.6. The molecule has 1 fully saturated rings. The Labute approximate surface area is 301 Å². The number of hydrogen-bond donors (Lipinski definition) is 0. The second kappa shape index (κ2) is 15.7. The van der Waals surface area contributed by atoms with Gasteiger partial charge in [0.1, 0.15) is 12.7 Å². The summed E-state index contributed by atoms with van der Waals surface area (Å²) in [6.45, 7) is -0.0331. The van der Waals surface area contributed by atoms with Crippen LogP contribution < -0.4 is 0 Å². The number of rotatable bonds is 10. The van der Waals surface area contributed by atoms with E-state index in [4.69, 9.17) is 14.2 Å². The third-order valence-corrected chi connectivity index (χ3v) is 10.1. The number of thioether (sulfide) groups is 1. The molecule has 0 aliphatic carbocycles. The summed E-state index contributed by atoms with van der Waals surface area (Å²) in [5.74, 6) is -1.47. The van der Waals surface area contributed by atoms with Crippen molar-refractivity contribution < 1.29 is 28.6 Å². The van der Waals surface area contributed by atoms with E-state index in [0.717, 1.165) is 33.4 Å². The normalized spacial score (nSPS) is 16.6. The van der Waals surface area contributed by atoms with E-state index in [1.54, 1.807) is 36.4 Å². The Hall–Kier alpha value is -5.92. The quantitative estimate of drug-likeness (QED) is 0.105. The highest BCUT2D eigenvalue weighted by Crippen LogP contribution is 2.38. The number of esters is 3. The smallest absolute Gasteiger partial charge is 0.339 e. The number of carbonyl (C=O) groups excluding carboxylic acids is 3. The molecular weight excluding hydrogens is 657 g/mol. The van der Waals surface area contributed by atoms with Crippen molar-refractivity contribution in [2.75, 3.05) is 6.61 Å². The Kier molecular flexibility index (Phi) is 10.4. The molecule has 1 aliphatic heterocycles. The molecule has 6 aromatic rings. The fraction of sp³-hybridized carbons (Fsp3) is 0.114. The van der Waals surface area contributed by atoms with Crippen LogP contribution in [-0.4, -0.2) is 41.3 Å². The highest BCUT2D eigenvalue weighted by molar-refractivity contribution is 8.00. The third kappa shape index (κ3) is 8.28. The van der Waals surface area contributed by atoms with Crippen LogP contribution in [0.4, 0.5) is 0 Å². The molecule has 6 nitrogen and oxygen atoms in total. The molecule has 0 amide bonds. The van der Waals surface area contributed by atoms with Crippen molar-refractivity contribution in [3.05, 3.63) is 180 Å². The molecule has 7 rings (SSSR count). The minimum atomic E-state index is -0.664. The fourth-order valence-electron chi connectivity index (χ4n) is 5.95. The standard InChI is InChI=1S/C44H34O6S/c45-42(36-22-16-33(17-23-36)30-10-4-1-5-11-30)48-29-40-39(49-43(46)37-24-18-34(19-25-37)31-12-6-2-7-13-31)28-41(51-40)50-44(47)38-26-20-35(21-27-38)32-14-8-3-9-15-32/h1-27,39-41H,28-29H2/t39-,40+,41?/m1/s1. The van der Waals surface area contributed by atoms with Gasteiger partial charge in [-0.1, -0.05) is 127 Å². The molecule has 1 heterocycles. The predicted octanol–water partition coefficient (Wildman–Crippen LogP) is 9.76. The van der Waals surface area contributed by atoms with E-state index >= 15 is 0 Å². The van der Waals surface area contributed by atoms with Crippen LogP contribution in [0, 0.1) is 0 Å². The van der Waals surface area contributed by atoms with Crippen LogP contribution in [0.15, 0.2) is 164 Å². The fourth-order valence-corrected chi connectivity index (χ4v) is 7.27. The maximum absolute atomic E-state index is 13.4. The minimum absolute atomic E-state index is 0.0331. The van der Waals surface area contributed by atoms with Crippen LogP contribution in [0.5, 0.6) is 0 Å². The molecule has 0 radical (unpaired) electrons. The maximum Gasteiger partial charge on any atom is 0.339 e. The van der Waals surface area contributed by atoms with E-state index in [2.05, 4.69) is 0 Å². The Morgan fingerprint density at radius 2 is 0.804 bits per heavy atom. The maximum atomic E-state index is 13.4. The lowest BCUT2D eigenvalue weighted by atomic mass is 10.0. The molecule has 3 atom stereocenters. The van der Waals surface area contributed by atoms with Gasteiger partial charge < -0.3 is 14.2 Å². The van der Waals surface area contributed by atoms with Gasteiger partial charge in [-0.2, -0.15) is 0 Å². The molecule has 1 unspecified atom stereocenters. The topological polar surface area (TPSA) is 78.9 Å². The van der Waals surface area contributed by atoms with Crippen LogP contribution in [-0.2, 0) is 14.2 Å². The largest absolute Gasteiger partial charge is 0.461 e. The van der Waals surface area contributed by atoms with Crippen LogP contribution >= 0.6 is 11.8 Å². The zero-order valence-corrected chi connectivity index (χ0v) is 28.4. The van der Waals surface area contributed by atoms with E-state index in [-0.39, 0.29) is 13.0 Å². The highest BCUT2D eigenvalue weighted by Gasteiger charge is 2.41. The van der Waals surface area contributed by atoms with Crippen molar-refractivity contribution >= 4 is 29.7 Å². The number of carbonyl (C=O) groups is 3. The van der Waals surface area contributed by atoms with Crippen molar-refractivity contribution in [2.24, 2.45) is 0 Å². The van der Waals surface area contributed by atoms with Crippen molar-refractivity contribution in [3.63, 3.8) is 0 Å². The summed E-state index contributed by atoms with van der Waals surface area (Å²) in [5.41, 5.74) is 6.70. The summed E-state index contributed by atoms with van der Waals surface area (Å²) in [5, 5.41) is -0.455. The van der Waals surface area contributed by atoms with Gasteiger partial charge in [-0.3, -0.25) is 0 Å². The van der Waals surface area contributed by atoms with E-state index in [1.807, 2.05) is 127 Å². The Morgan fingerprint density at radius 3 is 1.22 bits per heavy atom. The van der Waals surface area contributed by atoms with Gasteiger partial charge in [0.25, 0.3) is 0 Å². The lowest BCUT2D eigenvalue weighted by Crippen LogP contribution is -2.29. The average Bonchev–Trinajstić information content (AvgIpc) is 3.58. The van der Waals surface area contributed by atoms with E-state index < -0.39 is 34.7 Å². The van der Waals surface area contributed by atoms with Gasteiger partial charge in [-0.25, -0.2) is 14.4 Å². The zero-order valence-electron chi connectivity index (χ0n) is 27.6. The summed E-state index contributed by atoms with van der Waals surface area (Å²) in [6, 6.07) is 51.4. The molecule has 51 heavy (non-hydrogen) atoms. The monoisotopic (exact) mass is 690 g/mol. The first-order valence-electron chi connectivity index (χ1n) is 16.7. The molecule has 6 aromatic carbocycles. The van der Waals surface area contributed by atoms with Gasteiger partial charge in [0.2, 0.25) is 0 Å². The second-order valence-corrected chi connectivity index (χ2v) is 13.5. The lowest BCUT2D eigenvalue weighted by molar-refractivity contribution is 0.0136. The Bertz CT molecular complexity index is 2080. The molecular formula is C44H34O6S. The van der Waals surface area contributed by atoms with Crippen molar-refractivity contribution in [3.8, 4) is 33.4 Å². The summed E-state index contributed by atoms with van der Waals surface area (Å²) < 4.78 is 17.6. The summed E-state index contributed by atoms with van der Waals surface area (Å²) in [6.07, 6.45) is -0.414. The minimum Gasteiger partial charge on any atom is -0.461 e. The van der Waals surface area contributed by atoms with Gasteiger partial charge in [-0.15, -0.1) is 11.8 Å². The average molecular weight is 691 g/mol. The third-order valence-electron chi connectivity index (χ3n) is 8.72. The SMILES string of the molecule is O=C(OC[C@@H]1SC(OC(=O)c2ccc(-c3ccccc3)cc2)C[C@H]1OC(=O)c1ccc(-c2ccccc2)cc1)c1ccc(-c2ccccc2)cc1. The zero-order chi connectivity index (χ0) is 35.0. The van der Waals surface area contributed by atoms with Crippen LogP contribution in [0.2, 0.25) is 0 Å². The first-order valence-corrected chi connectivity index (χ1v) is 17.7. The molecule has 0 saturated carbocycles. The first-order chi connectivity index (χ1) is 25.0. The van der Waals surface area contributed by atoms with E-state index in [9.17, 15) is 14.4 Å². The van der Waals surface area contributed by atoms with Gasteiger partial charge in [0, 0.05) is 6.42 Å². The number of benzene rings is 6. The molecule has 0 aromatic heterocycles. The van der Waals surface area contributed by atoms with Crippen LogP contribution in [0.3, 0.4) is 0 Å². The lowest BCUT2D eigenvalue weighted by Gasteiger charge is -2.19. The second-order valence-electron chi connectivity index (χ2n) is 12.1. The van der Waals surface area contributed by atoms with Gasteiger partial charge in [0.15, 0.2) is 5.44 Å². The highest BCUT2D eigenvalue weighted by atomic mass is 32.2. The summed E-state index contributed by atoms with van der Waals surface area (Å²) in [7, 11) is 0. The van der Waals surface area contributed by atoms with Crippen molar-refractivity contribution in [1.82, 2.24) is 0 Å². The molecule has 0 spiro atoms. The van der Waals surface area contributed by atoms with E-state index in [0.29, 0.717) is 16.7 Å². The summed E-state index contributed by atoms with van der Waals surface area (Å²) >= 11 is 1.32. The summed E-state index contributed by atoms with van der Waals surface area (Å²) in [4.78, 5) is 39.7. The molecule has 1 aliphatic rings. The number of ether oxygens (including phenoxy) is 3. The van der Waals surface area contributed by atoms with E-state index in [1.165, 1.54) is 11.8 Å². The van der Waals surface area contributed by atoms with Crippen molar-refractivity contribution in [1.29, 1.82) is 0 Å². The Balaban J connectivity index is 1.03. The molecule has 0 bridgehead atoms. The number of hydrogen-bond acceptors (Lipinski definition) is 7.